The van der Waals surface area contributed by atoms with Gasteiger partial charge in [0, 0.05) is 18.4 Å². The van der Waals surface area contributed by atoms with Crippen molar-refractivity contribution in [2.24, 2.45) is 0 Å². The maximum Gasteiger partial charge on any atom is 0.237 e. The summed E-state index contributed by atoms with van der Waals surface area (Å²) >= 11 is 0. The van der Waals surface area contributed by atoms with E-state index in [1.807, 2.05) is 18.9 Å². The highest BCUT2D eigenvalue weighted by atomic mass is 16.2. The van der Waals surface area contributed by atoms with Crippen molar-refractivity contribution in [1.82, 2.24) is 20.2 Å². The predicted octanol–water partition coefficient (Wildman–Crippen LogP) is 1.68. The summed E-state index contributed by atoms with van der Waals surface area (Å²) in [5.41, 5.74) is 0. The van der Waals surface area contributed by atoms with Gasteiger partial charge < -0.3 is 10.3 Å². The third kappa shape index (κ3) is 4.06. The van der Waals surface area contributed by atoms with Gasteiger partial charge in [-0.2, -0.15) is 0 Å². The van der Waals surface area contributed by atoms with Gasteiger partial charge in [-0.15, -0.1) is 0 Å². The third-order valence-corrected chi connectivity index (χ3v) is 3.95. The molecule has 0 unspecified atom stereocenters. The number of hydrogen-bond acceptors (Lipinski definition) is 3. The smallest absolute Gasteiger partial charge is 0.237 e. The van der Waals surface area contributed by atoms with Crippen molar-refractivity contribution >= 4 is 5.91 Å². The Balaban J connectivity index is 1.80. The summed E-state index contributed by atoms with van der Waals surface area (Å²) in [6.07, 6.45) is 9.57. The maximum atomic E-state index is 12.2. The molecule has 19 heavy (non-hydrogen) atoms. The van der Waals surface area contributed by atoms with Crippen molar-refractivity contribution in [1.29, 1.82) is 0 Å². The molecule has 5 nitrogen and oxygen atoms in total. The number of carbonyl (C=O) groups is 1. The number of hydrogen-bond donors (Lipinski definition) is 2. The topological polar surface area (TPSA) is 61.0 Å². The van der Waals surface area contributed by atoms with Gasteiger partial charge in [0.05, 0.1) is 12.6 Å². The van der Waals surface area contributed by atoms with Crippen LogP contribution in [-0.4, -0.2) is 39.9 Å². The van der Waals surface area contributed by atoms with E-state index in [1.54, 1.807) is 12.4 Å². The van der Waals surface area contributed by atoms with Crippen LogP contribution in [0.15, 0.2) is 12.4 Å². The quantitative estimate of drug-likeness (QED) is 0.850. The summed E-state index contributed by atoms with van der Waals surface area (Å²) in [5.74, 6) is 1.01. The monoisotopic (exact) mass is 264 g/mol. The number of nitrogens with zero attached hydrogens (tertiary/aromatic N) is 2. The first kappa shape index (κ1) is 14.1. The molecule has 0 saturated heterocycles. The molecule has 2 rings (SSSR count). The zero-order valence-electron chi connectivity index (χ0n) is 11.9. The Hall–Kier alpha value is -1.36. The lowest BCUT2D eigenvalue weighted by atomic mass is 9.95. The van der Waals surface area contributed by atoms with Crippen LogP contribution in [0.25, 0.3) is 0 Å². The summed E-state index contributed by atoms with van der Waals surface area (Å²) in [4.78, 5) is 21.5. The van der Waals surface area contributed by atoms with Crippen molar-refractivity contribution in [3.05, 3.63) is 18.2 Å². The number of nitrogens with one attached hydrogen (secondary N) is 2. The van der Waals surface area contributed by atoms with Crippen molar-refractivity contribution in [3.63, 3.8) is 0 Å². The van der Waals surface area contributed by atoms with E-state index in [2.05, 4.69) is 15.3 Å². The molecule has 1 amide bonds. The largest absolute Gasteiger partial charge is 0.352 e. The van der Waals surface area contributed by atoms with Gasteiger partial charge in [-0.1, -0.05) is 19.3 Å². The van der Waals surface area contributed by atoms with Crippen LogP contribution >= 0.6 is 0 Å². The molecule has 0 aromatic carbocycles. The molecule has 1 aromatic rings. The standard InChI is InChI=1S/C14H24N4O/c1-11(18(2)10-13-15-8-9-16-13)14(19)17-12-6-4-3-5-7-12/h8-9,11-12H,3-7,10H2,1-2H3,(H,15,16)(H,17,19)/t11-/m1/s1. The molecule has 0 radical (unpaired) electrons. The van der Waals surface area contributed by atoms with Crippen molar-refractivity contribution < 1.29 is 4.79 Å². The molecule has 5 heteroatoms. The highest BCUT2D eigenvalue weighted by molar-refractivity contribution is 5.81. The average molecular weight is 264 g/mol. The maximum absolute atomic E-state index is 12.2. The summed E-state index contributed by atoms with van der Waals surface area (Å²) in [6, 6.07) is 0.243. The lowest BCUT2D eigenvalue weighted by Crippen LogP contribution is -2.47. The van der Waals surface area contributed by atoms with Gasteiger partial charge in [-0.3, -0.25) is 9.69 Å². The molecule has 0 bridgehead atoms. The molecule has 1 heterocycles. The SMILES string of the molecule is C[C@H](C(=O)NC1CCCCC1)N(C)Cc1ncc[nH]1. The minimum atomic E-state index is -0.132. The Morgan fingerprint density at radius 1 is 1.53 bits per heavy atom. The molecular formula is C14H24N4O. The average Bonchev–Trinajstić information content (AvgIpc) is 2.91. The summed E-state index contributed by atoms with van der Waals surface area (Å²) in [5, 5.41) is 3.17. The normalized spacial score (nSPS) is 18.5. The lowest BCUT2D eigenvalue weighted by Gasteiger charge is -2.28. The van der Waals surface area contributed by atoms with E-state index in [9.17, 15) is 4.79 Å². The lowest BCUT2D eigenvalue weighted by molar-refractivity contribution is -0.126. The Bertz CT molecular complexity index is 384. The summed E-state index contributed by atoms with van der Waals surface area (Å²) < 4.78 is 0. The number of rotatable bonds is 5. The van der Waals surface area contributed by atoms with Crippen LogP contribution in [-0.2, 0) is 11.3 Å². The molecule has 1 aromatic heterocycles. The molecule has 2 N–H and O–H groups in total. The molecule has 1 saturated carbocycles. The summed E-state index contributed by atoms with van der Waals surface area (Å²) in [6.45, 7) is 2.60. The fraction of sp³-hybridized carbons (Fsp3) is 0.714. The Kier molecular flexibility index (Phi) is 4.96. The number of imidazole rings is 1. The van der Waals surface area contributed by atoms with Crippen LogP contribution in [0.4, 0.5) is 0 Å². The van der Waals surface area contributed by atoms with E-state index in [-0.39, 0.29) is 11.9 Å². The molecule has 106 valence electrons. The van der Waals surface area contributed by atoms with E-state index >= 15 is 0 Å². The fourth-order valence-electron chi connectivity index (χ4n) is 2.53. The van der Waals surface area contributed by atoms with E-state index in [0.717, 1.165) is 18.7 Å². The van der Waals surface area contributed by atoms with Crippen LogP contribution in [0, 0.1) is 0 Å². The number of carbonyl (C=O) groups excluding carboxylic acids is 1. The third-order valence-electron chi connectivity index (χ3n) is 3.95. The Morgan fingerprint density at radius 2 is 2.26 bits per heavy atom. The first-order valence-electron chi connectivity index (χ1n) is 7.15. The van der Waals surface area contributed by atoms with Crippen LogP contribution in [0.1, 0.15) is 44.9 Å². The highest BCUT2D eigenvalue weighted by Gasteiger charge is 2.22. The van der Waals surface area contributed by atoms with Crippen molar-refractivity contribution in [2.75, 3.05) is 7.05 Å². The van der Waals surface area contributed by atoms with E-state index in [0.29, 0.717) is 12.6 Å². The second kappa shape index (κ2) is 6.70. The molecule has 1 atom stereocenters. The minimum absolute atomic E-state index is 0.126. The van der Waals surface area contributed by atoms with Crippen LogP contribution < -0.4 is 5.32 Å². The van der Waals surface area contributed by atoms with E-state index < -0.39 is 0 Å². The molecule has 1 aliphatic carbocycles. The molecule has 0 aliphatic heterocycles. The Labute approximate surface area is 114 Å². The first-order valence-corrected chi connectivity index (χ1v) is 7.15. The van der Waals surface area contributed by atoms with Crippen molar-refractivity contribution in [2.45, 2.75) is 57.7 Å². The number of H-pyrrole nitrogens is 1. The highest BCUT2D eigenvalue weighted by Crippen LogP contribution is 2.17. The van der Waals surface area contributed by atoms with Gasteiger partial charge >= 0.3 is 0 Å². The second-order valence-electron chi connectivity index (χ2n) is 5.47. The molecule has 1 aliphatic rings. The van der Waals surface area contributed by atoms with Gasteiger partial charge in [0.1, 0.15) is 5.82 Å². The number of aromatic nitrogens is 2. The molecule has 0 spiro atoms. The van der Waals surface area contributed by atoms with Crippen LogP contribution in [0.2, 0.25) is 0 Å². The number of likely N-dealkylation sites (N-methyl/N-ethyl adjacent to an activating group) is 1. The number of aromatic amines is 1. The van der Waals surface area contributed by atoms with Gasteiger partial charge in [0.25, 0.3) is 0 Å². The van der Waals surface area contributed by atoms with Gasteiger partial charge in [-0.05, 0) is 26.8 Å². The first-order chi connectivity index (χ1) is 9.16. The molecule has 1 fully saturated rings. The van der Waals surface area contributed by atoms with Gasteiger partial charge in [0.15, 0.2) is 0 Å². The van der Waals surface area contributed by atoms with E-state index in [1.165, 1.54) is 19.3 Å². The minimum Gasteiger partial charge on any atom is -0.352 e. The van der Waals surface area contributed by atoms with Crippen LogP contribution in [0.3, 0.4) is 0 Å². The van der Waals surface area contributed by atoms with Crippen LogP contribution in [0.5, 0.6) is 0 Å². The molecular weight excluding hydrogens is 240 g/mol. The number of amides is 1. The predicted molar refractivity (Wildman–Crippen MR) is 74.5 cm³/mol. The summed E-state index contributed by atoms with van der Waals surface area (Å²) in [7, 11) is 1.95. The zero-order chi connectivity index (χ0) is 13.7. The zero-order valence-corrected chi connectivity index (χ0v) is 11.9. The second-order valence-corrected chi connectivity index (χ2v) is 5.47. The fourth-order valence-corrected chi connectivity index (χ4v) is 2.53. The van der Waals surface area contributed by atoms with Gasteiger partial charge in [0.2, 0.25) is 5.91 Å². The van der Waals surface area contributed by atoms with E-state index in [4.69, 9.17) is 0 Å². The van der Waals surface area contributed by atoms with Gasteiger partial charge in [-0.25, -0.2) is 4.98 Å². The van der Waals surface area contributed by atoms with Crippen molar-refractivity contribution in [3.8, 4) is 0 Å². The Morgan fingerprint density at radius 3 is 2.89 bits per heavy atom.